The van der Waals surface area contributed by atoms with E-state index in [1.807, 2.05) is 19.1 Å². The summed E-state index contributed by atoms with van der Waals surface area (Å²) in [4.78, 5) is 0. The van der Waals surface area contributed by atoms with Crippen LogP contribution in [0.5, 0.6) is 0 Å². The van der Waals surface area contributed by atoms with E-state index in [9.17, 15) is 0 Å². The second kappa shape index (κ2) is 6.51. The van der Waals surface area contributed by atoms with E-state index in [4.69, 9.17) is 30.8 Å². The zero-order valence-electron chi connectivity index (χ0n) is 12.6. The van der Waals surface area contributed by atoms with Gasteiger partial charge in [-0.1, -0.05) is 77.2 Å². The molecule has 4 aromatic rings. The zero-order chi connectivity index (χ0) is 16.8. The van der Waals surface area contributed by atoms with E-state index in [2.05, 4.69) is 45.5 Å². The maximum absolute atomic E-state index is 6.55. The molecule has 0 fully saturated rings. The van der Waals surface area contributed by atoms with Gasteiger partial charge in [-0.05, 0) is 26.8 Å². The summed E-state index contributed by atoms with van der Waals surface area (Å²) in [6, 6.07) is 16.7. The molecular formula is C18H11B2Cl2P2. The van der Waals surface area contributed by atoms with Crippen LogP contribution in [0.4, 0.5) is 0 Å². The van der Waals surface area contributed by atoms with Crippen molar-refractivity contribution < 1.29 is 0 Å². The van der Waals surface area contributed by atoms with Gasteiger partial charge in [0.15, 0.2) is 7.00 Å². The van der Waals surface area contributed by atoms with Crippen LogP contribution in [0.15, 0.2) is 48.5 Å². The van der Waals surface area contributed by atoms with Gasteiger partial charge in [0.2, 0.25) is 0 Å². The lowest BCUT2D eigenvalue weighted by Crippen LogP contribution is -2.09. The van der Waals surface area contributed by atoms with Crippen molar-refractivity contribution in [3.05, 3.63) is 58.6 Å². The van der Waals surface area contributed by atoms with Crippen molar-refractivity contribution in [1.29, 1.82) is 0 Å². The SMILES string of the molecule is [B]Pc1ccc2c(ccc3c4ccc([B]P)c(Cl)c4ccc23)c1Cl. The first-order valence-corrected chi connectivity index (χ1v) is 9.93. The Hall–Kier alpha value is -0.770. The van der Waals surface area contributed by atoms with Crippen LogP contribution in [0.2, 0.25) is 10.0 Å². The normalized spacial score (nSPS) is 12.0. The van der Waals surface area contributed by atoms with Gasteiger partial charge in [-0.15, -0.1) is 8.46 Å². The third kappa shape index (κ3) is 2.48. The molecule has 113 valence electrons. The number of halogens is 2. The third-order valence-corrected chi connectivity index (χ3v) is 6.50. The van der Waals surface area contributed by atoms with Gasteiger partial charge >= 0.3 is 0 Å². The average Bonchev–Trinajstić information content (AvgIpc) is 2.62. The summed E-state index contributed by atoms with van der Waals surface area (Å²) in [7, 11) is 8.60. The Bertz CT molecular complexity index is 1020. The zero-order valence-corrected chi connectivity index (χ0v) is 16.3. The quantitative estimate of drug-likeness (QED) is 0.261. The summed E-state index contributed by atoms with van der Waals surface area (Å²) in [6.45, 7) is 1.95. The Labute approximate surface area is 156 Å². The molecule has 0 bridgehead atoms. The van der Waals surface area contributed by atoms with Gasteiger partial charge in [-0.25, -0.2) is 0 Å². The molecule has 0 heterocycles. The minimum atomic E-state index is 0.195. The molecule has 6 heteroatoms. The maximum Gasteiger partial charge on any atom is 0.180 e. The van der Waals surface area contributed by atoms with Crippen LogP contribution in [0.25, 0.3) is 32.3 Å². The van der Waals surface area contributed by atoms with Gasteiger partial charge in [0.25, 0.3) is 0 Å². The number of hydrogen-bond acceptors (Lipinski definition) is 0. The lowest BCUT2D eigenvalue weighted by Gasteiger charge is -2.12. The first kappa shape index (κ1) is 16.7. The predicted molar refractivity (Wildman–Crippen MR) is 118 cm³/mol. The van der Waals surface area contributed by atoms with E-state index in [-0.39, 0.29) is 8.46 Å². The molecule has 0 aliphatic carbocycles. The number of fused-ring (bicyclic) bond motifs is 5. The summed E-state index contributed by atoms with van der Waals surface area (Å²) in [5.74, 6) is 0. The molecular weight excluding hydrogens is 371 g/mol. The van der Waals surface area contributed by atoms with Gasteiger partial charge < -0.3 is 0 Å². The molecule has 4 rings (SSSR count). The van der Waals surface area contributed by atoms with E-state index in [1.165, 1.54) is 10.8 Å². The van der Waals surface area contributed by atoms with Gasteiger partial charge in [-0.3, -0.25) is 0 Å². The molecule has 0 aromatic heterocycles. The van der Waals surface area contributed by atoms with Gasteiger partial charge in [0.1, 0.15) is 7.57 Å². The first-order valence-electron chi connectivity index (χ1n) is 7.43. The monoisotopic (exact) mass is 381 g/mol. The van der Waals surface area contributed by atoms with Crippen LogP contribution in [0.3, 0.4) is 0 Å². The highest BCUT2D eigenvalue weighted by Crippen LogP contribution is 2.35. The van der Waals surface area contributed by atoms with Crippen molar-refractivity contribution in [3.8, 4) is 0 Å². The minimum Gasteiger partial charge on any atom is -0.172 e. The molecule has 0 saturated carbocycles. The number of benzene rings is 4. The van der Waals surface area contributed by atoms with Crippen molar-refractivity contribution in [3.63, 3.8) is 0 Å². The Morgan fingerprint density at radius 1 is 0.708 bits per heavy atom. The summed E-state index contributed by atoms with van der Waals surface area (Å²) in [6.07, 6.45) is 0. The Morgan fingerprint density at radius 3 is 1.75 bits per heavy atom. The molecule has 24 heavy (non-hydrogen) atoms. The van der Waals surface area contributed by atoms with Gasteiger partial charge in [0.05, 0.1) is 5.02 Å². The van der Waals surface area contributed by atoms with E-state index in [0.717, 1.165) is 42.4 Å². The number of hydrogen-bond donors (Lipinski definition) is 0. The van der Waals surface area contributed by atoms with Gasteiger partial charge in [-0.2, -0.15) is 9.12 Å². The Balaban J connectivity index is 2.13. The van der Waals surface area contributed by atoms with Crippen molar-refractivity contribution in [2.24, 2.45) is 0 Å². The van der Waals surface area contributed by atoms with Crippen molar-refractivity contribution in [1.82, 2.24) is 0 Å². The van der Waals surface area contributed by atoms with E-state index >= 15 is 0 Å². The highest BCUT2D eigenvalue weighted by atomic mass is 35.5. The summed E-state index contributed by atoms with van der Waals surface area (Å²) in [5, 5.41) is 9.26. The molecule has 2 unspecified atom stereocenters. The summed E-state index contributed by atoms with van der Waals surface area (Å²) < 4.78 is 0. The standard InChI is InChI=1S/C18H11B2Cl2P2/c19-24-16-8-6-12-10-1-3-13-11(5-7-15(20-23)17(13)21)9(10)2-4-14(12)18(16)22/h1-8,24H,23H2. The molecule has 4 aromatic carbocycles. The topological polar surface area (TPSA) is 0 Å². The van der Waals surface area contributed by atoms with Crippen LogP contribution >= 0.6 is 40.8 Å². The minimum absolute atomic E-state index is 0.195. The highest BCUT2D eigenvalue weighted by molar-refractivity contribution is 7.73. The average molecular weight is 382 g/mol. The molecule has 0 amide bonds. The van der Waals surface area contributed by atoms with Crippen molar-refractivity contribution >= 4 is 98.4 Å². The second-order valence-corrected chi connectivity index (χ2v) is 7.54. The Morgan fingerprint density at radius 2 is 1.17 bits per heavy atom. The number of rotatable bonds is 2. The second-order valence-electron chi connectivity index (χ2n) is 5.62. The predicted octanol–water partition coefficient (Wildman–Crippen LogP) is 4.96. The van der Waals surface area contributed by atoms with E-state index in [0.29, 0.717) is 0 Å². The first-order chi connectivity index (χ1) is 11.7. The molecule has 0 nitrogen and oxygen atoms in total. The molecule has 0 aliphatic rings. The summed E-state index contributed by atoms with van der Waals surface area (Å²) >= 11 is 13.1. The van der Waals surface area contributed by atoms with Crippen LogP contribution in [-0.2, 0) is 0 Å². The highest BCUT2D eigenvalue weighted by Gasteiger charge is 2.11. The molecule has 0 N–H and O–H groups in total. The molecule has 3 radical (unpaired) electrons. The van der Waals surface area contributed by atoms with Crippen molar-refractivity contribution in [2.75, 3.05) is 0 Å². The van der Waals surface area contributed by atoms with E-state index < -0.39 is 0 Å². The third-order valence-electron chi connectivity index (χ3n) is 4.43. The van der Waals surface area contributed by atoms with Crippen LogP contribution in [0.1, 0.15) is 0 Å². The lowest BCUT2D eigenvalue weighted by atomic mass is 9.89. The Kier molecular flexibility index (Phi) is 4.53. The van der Waals surface area contributed by atoms with Crippen LogP contribution in [0, 0.1) is 0 Å². The fourth-order valence-corrected chi connectivity index (χ4v) is 4.73. The molecule has 0 aliphatic heterocycles. The van der Waals surface area contributed by atoms with Crippen LogP contribution in [-0.4, -0.2) is 14.6 Å². The lowest BCUT2D eigenvalue weighted by molar-refractivity contribution is 1.81. The fraction of sp³-hybridized carbons (Fsp3) is 0. The molecule has 2 atom stereocenters. The van der Waals surface area contributed by atoms with E-state index in [1.54, 1.807) is 0 Å². The maximum atomic E-state index is 6.55. The fourth-order valence-electron chi connectivity index (χ4n) is 3.22. The van der Waals surface area contributed by atoms with Crippen LogP contribution < -0.4 is 10.8 Å². The van der Waals surface area contributed by atoms with Crippen molar-refractivity contribution in [2.45, 2.75) is 0 Å². The molecule has 0 saturated heterocycles. The summed E-state index contributed by atoms with van der Waals surface area (Å²) in [5.41, 5.74) is 1.02. The van der Waals surface area contributed by atoms with Gasteiger partial charge in [0, 0.05) is 15.8 Å². The largest absolute Gasteiger partial charge is 0.180 e. The smallest absolute Gasteiger partial charge is 0.172 e. The molecule has 0 spiro atoms.